The van der Waals surface area contributed by atoms with Crippen molar-refractivity contribution in [3.63, 3.8) is 0 Å². The minimum Gasteiger partial charge on any atom is -0.490 e. The predicted molar refractivity (Wildman–Crippen MR) is 95.6 cm³/mol. The highest BCUT2D eigenvalue weighted by molar-refractivity contribution is 6.50. The maximum atomic E-state index is 6.31. The van der Waals surface area contributed by atoms with Crippen LogP contribution < -0.4 is 4.74 Å². The van der Waals surface area contributed by atoms with Crippen LogP contribution in [0.5, 0.6) is 5.75 Å². The third kappa shape index (κ3) is 3.91. The molecule has 4 nitrogen and oxygen atoms in total. The molecule has 0 radical (unpaired) electrons. The van der Waals surface area contributed by atoms with Gasteiger partial charge in [-0.1, -0.05) is 71.9 Å². The fourth-order valence-electron chi connectivity index (χ4n) is 2.08. The summed E-state index contributed by atoms with van der Waals surface area (Å²) >= 11 is 6.31. The molecule has 3 rings (SSSR count). The molecule has 0 aliphatic carbocycles. The van der Waals surface area contributed by atoms with Crippen LogP contribution in [0.15, 0.2) is 71.8 Å². The van der Waals surface area contributed by atoms with Gasteiger partial charge >= 0.3 is 0 Å². The lowest BCUT2D eigenvalue weighted by atomic mass is 10.2. The fraction of sp³-hybridized carbons (Fsp3) is 0.0526. The molecule has 1 heterocycles. The van der Waals surface area contributed by atoms with Crippen molar-refractivity contribution in [1.82, 2.24) is 10.1 Å². The van der Waals surface area contributed by atoms with Gasteiger partial charge in [-0.15, -0.1) is 0 Å². The van der Waals surface area contributed by atoms with Gasteiger partial charge in [-0.2, -0.15) is 4.98 Å². The molecule has 0 N–H and O–H groups in total. The van der Waals surface area contributed by atoms with Gasteiger partial charge in [0.1, 0.15) is 17.4 Å². The summed E-state index contributed by atoms with van der Waals surface area (Å²) in [5.41, 5.74) is 1.75. The first kappa shape index (κ1) is 16.0. The second-order valence-corrected chi connectivity index (χ2v) is 5.36. The first-order valence-electron chi connectivity index (χ1n) is 7.37. The lowest BCUT2D eigenvalue weighted by molar-refractivity contribution is 0.363. The van der Waals surface area contributed by atoms with E-state index in [0.717, 1.165) is 16.9 Å². The average molecular weight is 339 g/mol. The van der Waals surface area contributed by atoms with Crippen molar-refractivity contribution >= 4 is 22.7 Å². The second-order valence-electron chi connectivity index (χ2n) is 4.95. The summed E-state index contributed by atoms with van der Waals surface area (Å²) in [5.74, 6) is 1.51. The highest BCUT2D eigenvalue weighted by Gasteiger charge is 2.11. The molecule has 1 aromatic heterocycles. The number of ether oxygens (including phenoxy) is 1. The third-order valence-corrected chi connectivity index (χ3v) is 3.45. The van der Waals surface area contributed by atoms with E-state index in [-0.39, 0.29) is 5.89 Å². The Kier molecular flexibility index (Phi) is 5.08. The molecule has 5 heteroatoms. The van der Waals surface area contributed by atoms with Gasteiger partial charge in [0, 0.05) is 5.56 Å². The molecule has 0 fully saturated rings. The number of benzene rings is 2. The normalized spacial score (nSPS) is 11.3. The topological polar surface area (TPSA) is 48.2 Å². The van der Waals surface area contributed by atoms with Crippen LogP contribution in [0, 0.1) is 0 Å². The number of nitrogens with zero attached hydrogens (tertiary/aromatic N) is 2. The summed E-state index contributed by atoms with van der Waals surface area (Å²) in [6, 6.07) is 17.1. The van der Waals surface area contributed by atoms with Crippen molar-refractivity contribution in [3.8, 4) is 17.1 Å². The molecular formula is C19H15ClN2O2. The van der Waals surface area contributed by atoms with Gasteiger partial charge in [-0.3, -0.25) is 0 Å². The Bertz CT molecular complexity index is 857. The zero-order valence-electron chi connectivity index (χ0n) is 12.9. The summed E-state index contributed by atoms with van der Waals surface area (Å²) < 4.78 is 10.7. The smallest absolute Gasteiger partial charge is 0.269 e. The molecule has 120 valence electrons. The minimum atomic E-state index is 0.271. The van der Waals surface area contributed by atoms with Gasteiger partial charge < -0.3 is 9.26 Å². The largest absolute Gasteiger partial charge is 0.490 e. The van der Waals surface area contributed by atoms with E-state index in [2.05, 4.69) is 16.7 Å². The monoisotopic (exact) mass is 338 g/mol. The Hall–Kier alpha value is -2.85. The molecule has 24 heavy (non-hydrogen) atoms. The predicted octanol–water partition coefficient (Wildman–Crippen LogP) is 5.04. The molecule has 0 atom stereocenters. The zero-order valence-corrected chi connectivity index (χ0v) is 13.6. The summed E-state index contributed by atoms with van der Waals surface area (Å²) in [6.45, 7) is 4.08. The van der Waals surface area contributed by atoms with Crippen LogP contribution in [0.3, 0.4) is 0 Å². The van der Waals surface area contributed by atoms with Crippen LogP contribution in [0.25, 0.3) is 22.5 Å². The van der Waals surface area contributed by atoms with Crippen LogP contribution in [0.1, 0.15) is 11.5 Å². The Morgan fingerprint density at radius 1 is 1.17 bits per heavy atom. The first-order chi connectivity index (χ1) is 11.8. The van der Waals surface area contributed by atoms with Crippen molar-refractivity contribution in [2.45, 2.75) is 0 Å². The van der Waals surface area contributed by atoms with E-state index in [9.17, 15) is 0 Å². The molecule has 0 saturated heterocycles. The molecular weight excluding hydrogens is 324 g/mol. The highest BCUT2D eigenvalue weighted by atomic mass is 35.5. The Morgan fingerprint density at radius 2 is 2.00 bits per heavy atom. The molecule has 3 aromatic rings. The van der Waals surface area contributed by atoms with Gasteiger partial charge in [-0.25, -0.2) is 0 Å². The number of halogens is 1. The van der Waals surface area contributed by atoms with Crippen LogP contribution in [0.2, 0.25) is 0 Å². The van der Waals surface area contributed by atoms with E-state index >= 15 is 0 Å². The van der Waals surface area contributed by atoms with E-state index in [1.807, 2.05) is 54.6 Å². The van der Waals surface area contributed by atoms with Crippen LogP contribution in [-0.2, 0) is 0 Å². The SMILES string of the molecule is C=CCOc1cccc(/C=C(\Cl)c2nc(-c3ccccc3)no2)c1. The van der Waals surface area contributed by atoms with E-state index in [1.165, 1.54) is 0 Å². The number of aromatic nitrogens is 2. The van der Waals surface area contributed by atoms with Gasteiger partial charge in [-0.05, 0) is 23.8 Å². The van der Waals surface area contributed by atoms with Crippen LogP contribution in [-0.4, -0.2) is 16.7 Å². The number of rotatable bonds is 6. The molecule has 2 aromatic carbocycles. The number of hydrogen-bond donors (Lipinski definition) is 0. The highest BCUT2D eigenvalue weighted by Crippen LogP contribution is 2.25. The van der Waals surface area contributed by atoms with Crippen molar-refractivity contribution in [2.24, 2.45) is 0 Å². The quantitative estimate of drug-likeness (QED) is 0.591. The molecule has 0 amide bonds. The van der Waals surface area contributed by atoms with Crippen molar-refractivity contribution < 1.29 is 9.26 Å². The maximum Gasteiger partial charge on any atom is 0.269 e. The standard InChI is InChI=1S/C19H15ClN2O2/c1-2-11-23-16-10-6-7-14(12-16)13-17(20)19-21-18(22-24-19)15-8-4-3-5-9-15/h2-10,12-13H,1,11H2/b17-13-. The van der Waals surface area contributed by atoms with E-state index in [0.29, 0.717) is 17.5 Å². The first-order valence-corrected chi connectivity index (χ1v) is 7.74. The molecule has 0 saturated carbocycles. The summed E-state index contributed by atoms with van der Waals surface area (Å²) in [6.07, 6.45) is 3.45. The Morgan fingerprint density at radius 3 is 2.79 bits per heavy atom. The van der Waals surface area contributed by atoms with E-state index in [4.69, 9.17) is 20.9 Å². The lowest BCUT2D eigenvalue weighted by Gasteiger charge is -2.03. The molecule has 0 spiro atoms. The Labute approximate surface area is 145 Å². The number of hydrogen-bond acceptors (Lipinski definition) is 4. The van der Waals surface area contributed by atoms with Gasteiger partial charge in [0.25, 0.3) is 5.89 Å². The molecule has 0 aliphatic rings. The van der Waals surface area contributed by atoms with Gasteiger partial charge in [0.15, 0.2) is 0 Å². The zero-order chi connectivity index (χ0) is 16.8. The average Bonchev–Trinajstić information content (AvgIpc) is 3.11. The lowest BCUT2D eigenvalue weighted by Crippen LogP contribution is -1.92. The second kappa shape index (κ2) is 7.62. The minimum absolute atomic E-state index is 0.271. The fourth-order valence-corrected chi connectivity index (χ4v) is 2.29. The summed E-state index contributed by atoms with van der Waals surface area (Å²) in [5, 5.41) is 4.33. The van der Waals surface area contributed by atoms with Crippen molar-refractivity contribution in [3.05, 3.63) is 78.7 Å². The van der Waals surface area contributed by atoms with Crippen LogP contribution >= 0.6 is 11.6 Å². The van der Waals surface area contributed by atoms with Crippen molar-refractivity contribution in [1.29, 1.82) is 0 Å². The van der Waals surface area contributed by atoms with Gasteiger partial charge in [0.05, 0.1) is 0 Å². The third-order valence-electron chi connectivity index (χ3n) is 3.18. The molecule has 0 unspecified atom stereocenters. The Balaban J connectivity index is 1.81. The molecule has 0 aliphatic heterocycles. The summed E-state index contributed by atoms with van der Waals surface area (Å²) in [4.78, 5) is 4.33. The van der Waals surface area contributed by atoms with Crippen molar-refractivity contribution in [2.75, 3.05) is 6.61 Å². The van der Waals surface area contributed by atoms with E-state index < -0.39 is 0 Å². The van der Waals surface area contributed by atoms with E-state index in [1.54, 1.807) is 12.2 Å². The maximum absolute atomic E-state index is 6.31. The molecule has 0 bridgehead atoms. The summed E-state index contributed by atoms with van der Waals surface area (Å²) in [7, 11) is 0. The van der Waals surface area contributed by atoms with Crippen LogP contribution in [0.4, 0.5) is 0 Å². The van der Waals surface area contributed by atoms with Gasteiger partial charge in [0.2, 0.25) is 5.82 Å².